The first-order valence-corrected chi connectivity index (χ1v) is 14.4. The molecule has 12 atom stereocenters. The lowest BCUT2D eigenvalue weighted by Gasteiger charge is -2.61. The molecule has 2 heterocycles. The maximum absolute atomic E-state index is 11.8. The molecular weight excluding hydrogens is 426 g/mol. The average molecular weight is 474 g/mol. The van der Waals surface area contributed by atoms with Crippen molar-refractivity contribution in [3.05, 3.63) is 0 Å². The Kier molecular flexibility index (Phi) is 5.71. The molecule has 0 aromatic carbocycles. The number of nitrogens with two attached hydrogens (primary N) is 1. The second kappa shape index (κ2) is 8.18. The minimum atomic E-state index is -0.310. The van der Waals surface area contributed by atoms with E-state index in [9.17, 15) is 4.79 Å². The van der Waals surface area contributed by atoms with E-state index in [0.717, 1.165) is 43.6 Å². The summed E-state index contributed by atoms with van der Waals surface area (Å²) >= 11 is 0. The van der Waals surface area contributed by atoms with Crippen LogP contribution in [0, 0.1) is 52.3 Å². The van der Waals surface area contributed by atoms with Gasteiger partial charge in [0.1, 0.15) is 6.10 Å². The lowest BCUT2D eigenvalue weighted by atomic mass is 9.44. The fraction of sp³-hybridized carbons (Fsp3) is 0.966. The van der Waals surface area contributed by atoms with E-state index in [-0.39, 0.29) is 24.4 Å². The van der Waals surface area contributed by atoms with Crippen LogP contribution >= 0.6 is 0 Å². The largest absolute Gasteiger partial charge is 0.461 e. The third kappa shape index (κ3) is 3.31. The first-order valence-electron chi connectivity index (χ1n) is 14.4. The van der Waals surface area contributed by atoms with Gasteiger partial charge < -0.3 is 19.9 Å². The Balaban J connectivity index is 1.19. The van der Waals surface area contributed by atoms with Crippen molar-refractivity contribution in [2.45, 2.75) is 110 Å². The van der Waals surface area contributed by atoms with Gasteiger partial charge in [-0.3, -0.25) is 4.79 Å². The van der Waals surface area contributed by atoms with Crippen LogP contribution in [0.4, 0.5) is 0 Å². The number of esters is 1. The highest BCUT2D eigenvalue weighted by Gasteiger charge is 2.69. The van der Waals surface area contributed by atoms with Gasteiger partial charge in [-0.1, -0.05) is 27.7 Å². The zero-order valence-corrected chi connectivity index (χ0v) is 21.9. The van der Waals surface area contributed by atoms with Crippen molar-refractivity contribution in [3.8, 4) is 0 Å². The van der Waals surface area contributed by atoms with E-state index in [4.69, 9.17) is 19.9 Å². The first-order chi connectivity index (χ1) is 16.2. The molecule has 6 rings (SSSR count). The van der Waals surface area contributed by atoms with Gasteiger partial charge in [0.05, 0.1) is 19.3 Å². The van der Waals surface area contributed by atoms with Crippen molar-refractivity contribution in [3.63, 3.8) is 0 Å². The molecular formula is C29H47NO4. The Morgan fingerprint density at radius 2 is 1.76 bits per heavy atom. The Hall–Kier alpha value is -0.650. The smallest absolute Gasteiger partial charge is 0.319 e. The highest BCUT2D eigenvalue weighted by atomic mass is 16.7. The van der Waals surface area contributed by atoms with E-state index in [0.29, 0.717) is 40.6 Å². The molecule has 6 unspecified atom stereocenters. The summed E-state index contributed by atoms with van der Waals surface area (Å²) in [5.41, 5.74) is 6.28. The van der Waals surface area contributed by atoms with E-state index in [1.807, 2.05) is 0 Å². The number of fused-ring (bicyclic) bond motifs is 7. The van der Waals surface area contributed by atoms with Gasteiger partial charge in [0.2, 0.25) is 0 Å². The number of ether oxygens (including phenoxy) is 3. The summed E-state index contributed by atoms with van der Waals surface area (Å²) < 4.78 is 19.1. The van der Waals surface area contributed by atoms with E-state index in [1.165, 1.54) is 44.9 Å². The third-order valence-electron chi connectivity index (χ3n) is 12.3. The van der Waals surface area contributed by atoms with Crippen LogP contribution in [0.3, 0.4) is 0 Å². The summed E-state index contributed by atoms with van der Waals surface area (Å²) in [5.74, 6) is 4.35. The van der Waals surface area contributed by atoms with Gasteiger partial charge in [0, 0.05) is 12.3 Å². The van der Waals surface area contributed by atoms with Crippen molar-refractivity contribution in [2.75, 3.05) is 13.2 Å². The molecule has 2 aliphatic heterocycles. The number of hydrogen-bond donors (Lipinski definition) is 1. The molecule has 5 heteroatoms. The molecule has 6 aliphatic rings. The van der Waals surface area contributed by atoms with Gasteiger partial charge in [0.15, 0.2) is 5.79 Å². The quantitative estimate of drug-likeness (QED) is 0.551. The molecule has 4 aliphatic carbocycles. The molecule has 5 nitrogen and oxygen atoms in total. The minimum Gasteiger partial charge on any atom is -0.461 e. The molecule has 0 bridgehead atoms. The normalized spacial score (nSPS) is 56.3. The summed E-state index contributed by atoms with van der Waals surface area (Å²) in [5, 5.41) is 0. The van der Waals surface area contributed by atoms with Crippen LogP contribution in [-0.2, 0) is 19.0 Å². The summed E-state index contributed by atoms with van der Waals surface area (Å²) in [4.78, 5) is 11.8. The molecule has 0 amide bonds. The van der Waals surface area contributed by atoms with Crippen molar-refractivity contribution in [1.82, 2.24) is 0 Å². The Morgan fingerprint density at radius 3 is 2.50 bits per heavy atom. The molecule has 2 saturated heterocycles. The van der Waals surface area contributed by atoms with Crippen molar-refractivity contribution < 1.29 is 19.0 Å². The monoisotopic (exact) mass is 473 g/mol. The van der Waals surface area contributed by atoms with Gasteiger partial charge >= 0.3 is 5.97 Å². The highest BCUT2D eigenvalue weighted by Crippen LogP contribution is 2.71. The Labute approximate surface area is 206 Å². The van der Waals surface area contributed by atoms with Crippen LogP contribution in [0.2, 0.25) is 0 Å². The summed E-state index contributed by atoms with van der Waals surface area (Å²) in [6, 6.07) is 0. The zero-order chi connectivity index (χ0) is 23.9. The Bertz CT molecular complexity index is 808. The van der Waals surface area contributed by atoms with E-state index >= 15 is 0 Å². The molecule has 6 fully saturated rings. The molecule has 192 valence electrons. The maximum Gasteiger partial charge on any atom is 0.319 e. The maximum atomic E-state index is 11.8. The highest BCUT2D eigenvalue weighted by molar-refractivity contribution is 5.71. The molecule has 0 aromatic heterocycles. The van der Waals surface area contributed by atoms with Crippen LogP contribution in [0.1, 0.15) is 91.9 Å². The number of carbonyl (C=O) groups is 1. The van der Waals surface area contributed by atoms with Gasteiger partial charge in [-0.05, 0) is 104 Å². The lowest BCUT2D eigenvalue weighted by molar-refractivity contribution is -0.273. The number of hydrogen-bond acceptors (Lipinski definition) is 5. The third-order valence-corrected chi connectivity index (χ3v) is 12.3. The first kappa shape index (κ1) is 23.7. The van der Waals surface area contributed by atoms with Crippen molar-refractivity contribution >= 4 is 5.97 Å². The van der Waals surface area contributed by atoms with Crippen LogP contribution in [-0.4, -0.2) is 37.1 Å². The number of carbonyl (C=O) groups excluding carboxylic acids is 1. The van der Waals surface area contributed by atoms with Crippen LogP contribution < -0.4 is 5.73 Å². The standard InChI is InChI=1S/C29H47NO4/c1-17-7-12-29(32-16-17)18(2)26-24(34-29)14-23-21-6-5-19-13-20(33-25(31)15-30)8-10-27(19,3)22(21)9-11-28(23,26)4/h17-24,26H,5-16,30H2,1-4H3/t17-,18-,19?,20-,21?,22?,23?,24?,26?,27-,28-,29+/m0/s1. The van der Waals surface area contributed by atoms with Crippen LogP contribution in [0.15, 0.2) is 0 Å². The molecule has 1 spiro atoms. The fourth-order valence-electron chi connectivity index (χ4n) is 10.6. The minimum absolute atomic E-state index is 0.00241. The van der Waals surface area contributed by atoms with Crippen LogP contribution in [0.25, 0.3) is 0 Å². The summed E-state index contributed by atoms with van der Waals surface area (Å²) in [6.45, 7) is 10.8. The van der Waals surface area contributed by atoms with Gasteiger partial charge in [-0.25, -0.2) is 0 Å². The topological polar surface area (TPSA) is 70.8 Å². The van der Waals surface area contributed by atoms with Crippen LogP contribution in [0.5, 0.6) is 0 Å². The predicted octanol–water partition coefficient (Wildman–Crippen LogP) is 5.30. The van der Waals surface area contributed by atoms with Gasteiger partial charge in [-0.2, -0.15) is 0 Å². The molecule has 34 heavy (non-hydrogen) atoms. The van der Waals surface area contributed by atoms with Crippen molar-refractivity contribution in [1.29, 1.82) is 0 Å². The van der Waals surface area contributed by atoms with E-state index in [2.05, 4.69) is 27.7 Å². The number of rotatable bonds is 2. The molecule has 0 radical (unpaired) electrons. The second-order valence-corrected chi connectivity index (χ2v) is 13.8. The Morgan fingerprint density at radius 1 is 0.971 bits per heavy atom. The fourth-order valence-corrected chi connectivity index (χ4v) is 10.6. The van der Waals surface area contributed by atoms with Gasteiger partial charge in [-0.15, -0.1) is 0 Å². The molecule has 2 N–H and O–H groups in total. The lowest BCUT2D eigenvalue weighted by Crippen LogP contribution is -2.55. The van der Waals surface area contributed by atoms with Gasteiger partial charge in [0.25, 0.3) is 0 Å². The van der Waals surface area contributed by atoms with E-state index < -0.39 is 0 Å². The zero-order valence-electron chi connectivity index (χ0n) is 21.9. The average Bonchev–Trinajstić information content (AvgIpc) is 3.26. The van der Waals surface area contributed by atoms with Crippen molar-refractivity contribution in [2.24, 2.45) is 58.0 Å². The second-order valence-electron chi connectivity index (χ2n) is 13.8. The SMILES string of the molecule is C[C@H]1CC[C@@]2(OC1)OC1CC3C4CCC5C[C@@H](OC(=O)CN)CC[C@]5(C)C4CC[C@]3(C)C1[C@@H]2C. The summed E-state index contributed by atoms with van der Waals surface area (Å²) in [7, 11) is 0. The predicted molar refractivity (Wildman–Crippen MR) is 131 cm³/mol. The van der Waals surface area contributed by atoms with E-state index in [1.54, 1.807) is 0 Å². The molecule has 0 aromatic rings. The summed E-state index contributed by atoms with van der Waals surface area (Å²) in [6.07, 6.45) is 12.6. The molecule has 4 saturated carbocycles.